The van der Waals surface area contributed by atoms with Gasteiger partial charge in [0, 0.05) is 44.3 Å². The van der Waals surface area contributed by atoms with Crippen LogP contribution in [0.25, 0.3) is 0 Å². The summed E-state index contributed by atoms with van der Waals surface area (Å²) in [5, 5.41) is 9.61. The van der Waals surface area contributed by atoms with Crippen molar-refractivity contribution in [2.75, 3.05) is 46.3 Å². The van der Waals surface area contributed by atoms with Gasteiger partial charge in [0.05, 0.1) is 6.17 Å². The van der Waals surface area contributed by atoms with Crippen LogP contribution in [0.15, 0.2) is 0 Å². The first-order valence-electron chi connectivity index (χ1n) is 12.2. The van der Waals surface area contributed by atoms with E-state index in [-0.39, 0.29) is 24.8 Å². The van der Waals surface area contributed by atoms with Crippen molar-refractivity contribution in [3.63, 3.8) is 0 Å². The molecule has 0 aromatic carbocycles. The zero-order valence-electron chi connectivity index (χ0n) is 19.0. The molecule has 0 aromatic heterocycles. The van der Waals surface area contributed by atoms with Gasteiger partial charge in [0.25, 0.3) is 0 Å². The summed E-state index contributed by atoms with van der Waals surface area (Å²) in [4.78, 5) is 2.62. The molecule has 0 radical (unpaired) electrons. The van der Waals surface area contributed by atoms with E-state index in [1.165, 1.54) is 32.4 Å². The maximum atomic E-state index is 13.1. The van der Waals surface area contributed by atoms with Gasteiger partial charge in [-0.25, -0.2) is 13.1 Å². The molecule has 0 amide bonds. The van der Waals surface area contributed by atoms with Crippen LogP contribution in [0.3, 0.4) is 0 Å². The van der Waals surface area contributed by atoms with Gasteiger partial charge in [-0.3, -0.25) is 4.90 Å². The van der Waals surface area contributed by atoms with Crippen molar-refractivity contribution in [2.24, 2.45) is 22.8 Å². The van der Waals surface area contributed by atoms with Crippen LogP contribution in [-0.4, -0.2) is 89.2 Å². The molecule has 4 rings (SSSR count). The Bertz CT molecular complexity index is 694. The van der Waals surface area contributed by atoms with Crippen molar-refractivity contribution < 1.29 is 8.42 Å². The fourth-order valence-electron chi connectivity index (χ4n) is 5.97. The van der Waals surface area contributed by atoms with E-state index >= 15 is 0 Å². The summed E-state index contributed by atoms with van der Waals surface area (Å²) in [5.41, 5.74) is 12.5. The molecule has 0 aromatic rings. The summed E-state index contributed by atoms with van der Waals surface area (Å²) >= 11 is 0. The number of hydrogen-bond acceptors (Lipinski definition) is 8. The molecular formula is C21H43N7O2S. The Morgan fingerprint density at radius 1 is 1.19 bits per heavy atom. The lowest BCUT2D eigenvalue weighted by Crippen LogP contribution is -2.61. The third-order valence-electron chi connectivity index (χ3n) is 8.20. The smallest absolute Gasteiger partial charge is 0.217 e. The summed E-state index contributed by atoms with van der Waals surface area (Å²) in [6, 6.07) is 0.527. The molecule has 6 unspecified atom stereocenters. The Morgan fingerprint density at radius 2 is 1.97 bits per heavy atom. The van der Waals surface area contributed by atoms with Crippen molar-refractivity contribution in [1.29, 1.82) is 0 Å². The minimum absolute atomic E-state index is 0.0620. The van der Waals surface area contributed by atoms with Gasteiger partial charge in [-0.15, -0.1) is 0 Å². The van der Waals surface area contributed by atoms with Gasteiger partial charge in [-0.2, -0.15) is 0 Å². The highest BCUT2D eigenvalue weighted by atomic mass is 32.2. The molecule has 180 valence electrons. The first-order chi connectivity index (χ1) is 14.9. The summed E-state index contributed by atoms with van der Waals surface area (Å²) < 4.78 is 29.3. The number of nitrogens with two attached hydrogens (primary N) is 2. The second kappa shape index (κ2) is 9.89. The van der Waals surface area contributed by atoms with Gasteiger partial charge in [-0.05, 0) is 70.0 Å². The zero-order valence-corrected chi connectivity index (χ0v) is 19.8. The van der Waals surface area contributed by atoms with E-state index in [1.54, 1.807) is 0 Å². The highest BCUT2D eigenvalue weighted by molar-refractivity contribution is 7.90. The molecule has 2 saturated carbocycles. The number of piperidine rings is 1. The van der Waals surface area contributed by atoms with E-state index in [2.05, 4.69) is 25.6 Å². The van der Waals surface area contributed by atoms with Crippen LogP contribution >= 0.6 is 0 Å². The van der Waals surface area contributed by atoms with Crippen molar-refractivity contribution in [1.82, 2.24) is 25.6 Å². The fraction of sp³-hybridized carbons (Fsp3) is 1.00. The van der Waals surface area contributed by atoms with E-state index in [0.717, 1.165) is 32.2 Å². The van der Waals surface area contributed by atoms with Crippen molar-refractivity contribution >= 4 is 10.0 Å². The summed E-state index contributed by atoms with van der Waals surface area (Å²) in [5.74, 6) is 0.292. The Kier molecular flexibility index (Phi) is 7.59. The number of nitrogens with zero attached hydrogens (tertiary/aromatic N) is 1. The second-order valence-electron chi connectivity index (χ2n) is 10.4. The summed E-state index contributed by atoms with van der Waals surface area (Å²) in [6.07, 6.45) is 7.99. The van der Waals surface area contributed by atoms with E-state index in [1.807, 2.05) is 7.05 Å². The second-order valence-corrected chi connectivity index (χ2v) is 12.4. The van der Waals surface area contributed by atoms with Crippen LogP contribution in [0, 0.1) is 11.3 Å². The molecule has 31 heavy (non-hydrogen) atoms. The van der Waals surface area contributed by atoms with Gasteiger partial charge in [0.2, 0.25) is 10.0 Å². The van der Waals surface area contributed by atoms with Gasteiger partial charge in [0.15, 0.2) is 0 Å². The van der Waals surface area contributed by atoms with E-state index in [0.29, 0.717) is 30.5 Å². The molecule has 9 nitrogen and oxygen atoms in total. The Morgan fingerprint density at radius 3 is 2.61 bits per heavy atom. The third-order valence-corrected chi connectivity index (χ3v) is 10.1. The molecule has 2 heterocycles. The van der Waals surface area contributed by atoms with Crippen LogP contribution in [0.4, 0.5) is 0 Å². The molecule has 4 aliphatic rings. The summed E-state index contributed by atoms with van der Waals surface area (Å²) in [7, 11) is -1.65. The maximum Gasteiger partial charge on any atom is 0.217 e. The van der Waals surface area contributed by atoms with Crippen molar-refractivity contribution in [3.05, 3.63) is 0 Å². The third kappa shape index (κ3) is 5.43. The van der Waals surface area contributed by atoms with E-state index in [9.17, 15) is 8.42 Å². The molecule has 2 aliphatic heterocycles. The van der Waals surface area contributed by atoms with E-state index < -0.39 is 15.3 Å². The van der Waals surface area contributed by atoms with Gasteiger partial charge in [0.1, 0.15) is 5.25 Å². The highest BCUT2D eigenvalue weighted by Crippen LogP contribution is 2.53. The highest BCUT2D eigenvalue weighted by Gasteiger charge is 2.53. The lowest BCUT2D eigenvalue weighted by molar-refractivity contribution is 0.0139. The zero-order chi connectivity index (χ0) is 22.1. The number of likely N-dealkylation sites (N-methyl/N-ethyl adjacent to an activating group) is 1. The normalized spacial score (nSPS) is 36.8. The number of hydrogen-bond donors (Lipinski definition) is 6. The maximum absolute atomic E-state index is 13.1. The van der Waals surface area contributed by atoms with Crippen LogP contribution in [0.5, 0.6) is 0 Å². The van der Waals surface area contributed by atoms with Gasteiger partial charge in [-0.1, -0.05) is 6.42 Å². The van der Waals surface area contributed by atoms with Crippen LogP contribution in [0.2, 0.25) is 0 Å². The van der Waals surface area contributed by atoms with Crippen LogP contribution in [0.1, 0.15) is 44.9 Å². The average molecular weight is 458 g/mol. The Balaban J connectivity index is 1.28. The standard InChI is InChI=1S/C21H43N7O2S/c1-24-20-15(10-22)3-2-4-18(20)27-31(29,30)17(11-23)12-26-19-9-16(5-8-25-19)28-13-21(14-28)6-7-21/h15-20,24-27H,2-14,22-23H2,1H3. The Hall–Kier alpha value is -0.330. The number of likely N-dealkylation sites (tertiary alicyclic amines) is 1. The van der Waals surface area contributed by atoms with Crippen LogP contribution in [-0.2, 0) is 10.0 Å². The SMILES string of the molecule is CNC1C(CN)CCCC1NS(=O)(=O)C(CN)CNC1CC(N2CC3(CC3)C2)CCN1. The molecule has 10 heteroatoms. The summed E-state index contributed by atoms with van der Waals surface area (Å²) in [6.45, 7) is 4.51. The minimum Gasteiger partial charge on any atom is -0.330 e. The number of nitrogens with one attached hydrogen (secondary N) is 4. The molecule has 0 bridgehead atoms. The topological polar surface area (TPSA) is 138 Å². The lowest BCUT2D eigenvalue weighted by atomic mass is 9.81. The molecular weight excluding hydrogens is 414 g/mol. The van der Waals surface area contributed by atoms with Crippen molar-refractivity contribution in [2.45, 2.75) is 74.5 Å². The van der Waals surface area contributed by atoms with Crippen molar-refractivity contribution in [3.8, 4) is 0 Å². The first-order valence-corrected chi connectivity index (χ1v) is 13.7. The largest absolute Gasteiger partial charge is 0.330 e. The van der Waals surface area contributed by atoms with E-state index in [4.69, 9.17) is 11.5 Å². The molecule has 2 aliphatic carbocycles. The van der Waals surface area contributed by atoms with Crippen LogP contribution < -0.4 is 32.1 Å². The first kappa shape index (κ1) is 23.8. The van der Waals surface area contributed by atoms with Gasteiger partial charge < -0.3 is 27.4 Å². The minimum atomic E-state index is -3.53. The fourth-order valence-corrected chi connectivity index (χ4v) is 7.42. The average Bonchev–Trinajstić information content (AvgIpc) is 3.54. The quantitative estimate of drug-likeness (QED) is 0.238. The molecule has 4 fully saturated rings. The monoisotopic (exact) mass is 457 g/mol. The predicted octanol–water partition coefficient (Wildman–Crippen LogP) is -1.29. The Labute approximate surface area is 187 Å². The number of rotatable bonds is 10. The molecule has 8 N–H and O–H groups in total. The molecule has 2 saturated heterocycles. The lowest BCUT2D eigenvalue weighted by Gasteiger charge is -2.48. The predicted molar refractivity (Wildman–Crippen MR) is 124 cm³/mol. The molecule has 1 spiro atoms. The number of sulfonamides is 1. The van der Waals surface area contributed by atoms with Gasteiger partial charge >= 0.3 is 0 Å². The molecule has 6 atom stereocenters.